The van der Waals surface area contributed by atoms with Gasteiger partial charge in [-0.05, 0) is 19.9 Å². The normalized spacial score (nSPS) is 19.7. The quantitative estimate of drug-likeness (QED) is 0.500. The van der Waals surface area contributed by atoms with Crippen molar-refractivity contribution in [3.63, 3.8) is 0 Å². The number of para-hydroxylation sites is 2. The number of ether oxygens (including phenoxy) is 1. The predicted molar refractivity (Wildman–Crippen MR) is 112 cm³/mol. The van der Waals surface area contributed by atoms with Gasteiger partial charge in [0, 0.05) is 44.0 Å². The van der Waals surface area contributed by atoms with Crippen molar-refractivity contribution < 1.29 is 14.5 Å². The van der Waals surface area contributed by atoms with Crippen molar-refractivity contribution >= 4 is 33.8 Å². The van der Waals surface area contributed by atoms with Gasteiger partial charge >= 0.3 is 0 Å². The summed E-state index contributed by atoms with van der Waals surface area (Å²) < 4.78 is 5.74. The molecule has 1 aliphatic rings. The van der Waals surface area contributed by atoms with Crippen LogP contribution < -0.4 is 10.6 Å². The molecule has 9 nitrogen and oxygen atoms in total. The first-order chi connectivity index (χ1) is 13.9. The van der Waals surface area contributed by atoms with Crippen LogP contribution in [0.2, 0.25) is 0 Å². The Morgan fingerprint density at radius 3 is 2.79 bits per heavy atom. The number of aromatic nitrogens is 1. The molecule has 2 heterocycles. The standard InChI is InChI=1S/C19H25N5O4S/c1-13-9-23(10-14(2)28-13)11-15-12-29-19(21-15)22-18(25)7-8-20-16-5-3-4-6-17(16)24(26)27/h3-6,12-14,20H,7-11H2,1-2H3,(H,21,22,25)/t13-,14-/m0/s1. The molecule has 1 amide bonds. The van der Waals surface area contributed by atoms with Gasteiger partial charge in [0.05, 0.1) is 22.8 Å². The lowest BCUT2D eigenvalue weighted by atomic mass is 10.2. The summed E-state index contributed by atoms with van der Waals surface area (Å²) in [4.78, 5) is 29.5. The molecule has 3 rings (SSSR count). The molecule has 1 aromatic heterocycles. The molecule has 0 saturated carbocycles. The van der Waals surface area contributed by atoms with Gasteiger partial charge in [0.1, 0.15) is 5.69 Å². The van der Waals surface area contributed by atoms with Crippen LogP contribution in [0.15, 0.2) is 29.6 Å². The number of benzene rings is 1. The Morgan fingerprint density at radius 1 is 1.34 bits per heavy atom. The van der Waals surface area contributed by atoms with Gasteiger partial charge in [-0.15, -0.1) is 11.3 Å². The molecule has 2 N–H and O–H groups in total. The highest BCUT2D eigenvalue weighted by Gasteiger charge is 2.22. The van der Waals surface area contributed by atoms with Crippen molar-refractivity contribution in [3.8, 4) is 0 Å². The first-order valence-corrected chi connectivity index (χ1v) is 10.4. The molecule has 1 fully saturated rings. The molecule has 0 spiro atoms. The van der Waals surface area contributed by atoms with Gasteiger partial charge in [-0.2, -0.15) is 0 Å². The Bertz CT molecular complexity index is 849. The number of thiazole rings is 1. The van der Waals surface area contributed by atoms with Crippen molar-refractivity contribution in [2.75, 3.05) is 30.3 Å². The number of hydrogen-bond acceptors (Lipinski definition) is 8. The highest BCUT2D eigenvalue weighted by atomic mass is 32.1. The van der Waals surface area contributed by atoms with E-state index < -0.39 is 4.92 Å². The van der Waals surface area contributed by atoms with E-state index in [9.17, 15) is 14.9 Å². The van der Waals surface area contributed by atoms with Gasteiger partial charge < -0.3 is 15.4 Å². The molecular formula is C19H25N5O4S. The first kappa shape index (κ1) is 21.2. The minimum atomic E-state index is -0.449. The van der Waals surface area contributed by atoms with Crippen LogP contribution >= 0.6 is 11.3 Å². The third-order valence-corrected chi connectivity index (χ3v) is 5.25. The lowest BCUT2D eigenvalue weighted by molar-refractivity contribution is -0.384. The van der Waals surface area contributed by atoms with Crippen LogP contribution in [-0.4, -0.2) is 52.6 Å². The highest BCUT2D eigenvalue weighted by molar-refractivity contribution is 7.13. The van der Waals surface area contributed by atoms with E-state index in [1.54, 1.807) is 18.2 Å². The number of morpholine rings is 1. The van der Waals surface area contributed by atoms with E-state index in [0.717, 1.165) is 25.3 Å². The molecule has 0 bridgehead atoms. The number of carbonyl (C=O) groups is 1. The number of anilines is 2. The second-order valence-corrected chi connectivity index (χ2v) is 7.95. The SMILES string of the molecule is C[C@H]1CN(Cc2csc(NC(=O)CCNc3ccccc3[N+](=O)[O-])n2)C[C@H](C)O1. The maximum atomic E-state index is 12.2. The van der Waals surface area contributed by atoms with E-state index in [4.69, 9.17) is 4.74 Å². The summed E-state index contributed by atoms with van der Waals surface area (Å²) in [6.45, 7) is 6.87. The van der Waals surface area contributed by atoms with Gasteiger partial charge in [-0.3, -0.25) is 19.8 Å². The van der Waals surface area contributed by atoms with E-state index >= 15 is 0 Å². The summed E-state index contributed by atoms with van der Waals surface area (Å²) in [6, 6.07) is 6.36. The van der Waals surface area contributed by atoms with Crippen molar-refractivity contribution in [1.29, 1.82) is 0 Å². The summed E-state index contributed by atoms with van der Waals surface area (Å²) in [6.07, 6.45) is 0.577. The summed E-state index contributed by atoms with van der Waals surface area (Å²) in [5.41, 5.74) is 1.31. The van der Waals surface area contributed by atoms with Crippen LogP contribution in [0.25, 0.3) is 0 Å². The van der Waals surface area contributed by atoms with Gasteiger partial charge in [0.15, 0.2) is 5.13 Å². The second-order valence-electron chi connectivity index (χ2n) is 7.09. The average molecular weight is 420 g/mol. The summed E-state index contributed by atoms with van der Waals surface area (Å²) in [5, 5.41) is 19.3. The smallest absolute Gasteiger partial charge is 0.292 e. The maximum Gasteiger partial charge on any atom is 0.292 e. The van der Waals surface area contributed by atoms with Crippen LogP contribution in [0.4, 0.5) is 16.5 Å². The van der Waals surface area contributed by atoms with Crippen LogP contribution in [0, 0.1) is 10.1 Å². The Hall–Kier alpha value is -2.56. The molecule has 0 aliphatic carbocycles. The van der Waals surface area contributed by atoms with Crippen LogP contribution in [0.3, 0.4) is 0 Å². The van der Waals surface area contributed by atoms with Crippen LogP contribution in [0.5, 0.6) is 0 Å². The van der Waals surface area contributed by atoms with Gasteiger partial charge in [0.2, 0.25) is 5.91 Å². The minimum absolute atomic E-state index is 0.00998. The molecule has 0 unspecified atom stereocenters. The lowest BCUT2D eigenvalue weighted by Crippen LogP contribution is -2.44. The number of nitrogens with one attached hydrogen (secondary N) is 2. The fraction of sp³-hybridized carbons (Fsp3) is 0.474. The zero-order valence-corrected chi connectivity index (χ0v) is 17.3. The molecule has 1 saturated heterocycles. The van der Waals surface area contributed by atoms with E-state index in [0.29, 0.717) is 17.4 Å². The molecular weight excluding hydrogens is 394 g/mol. The van der Waals surface area contributed by atoms with Crippen molar-refractivity contribution in [2.24, 2.45) is 0 Å². The van der Waals surface area contributed by atoms with Gasteiger partial charge in [-0.25, -0.2) is 4.98 Å². The zero-order valence-electron chi connectivity index (χ0n) is 16.5. The number of rotatable bonds is 8. The first-order valence-electron chi connectivity index (χ1n) is 9.50. The van der Waals surface area contributed by atoms with Crippen molar-refractivity contribution in [2.45, 2.75) is 39.0 Å². The van der Waals surface area contributed by atoms with Gasteiger partial charge in [0.25, 0.3) is 5.69 Å². The van der Waals surface area contributed by atoms with Crippen LogP contribution in [0.1, 0.15) is 26.0 Å². The number of nitro groups is 1. The van der Waals surface area contributed by atoms with Crippen LogP contribution in [-0.2, 0) is 16.1 Å². The Kier molecular flexibility index (Phi) is 7.13. The number of amides is 1. The van der Waals surface area contributed by atoms with Crippen molar-refractivity contribution in [1.82, 2.24) is 9.88 Å². The molecule has 29 heavy (non-hydrogen) atoms. The number of hydrogen-bond donors (Lipinski definition) is 2. The van der Waals surface area contributed by atoms with E-state index in [1.165, 1.54) is 17.4 Å². The average Bonchev–Trinajstić information content (AvgIpc) is 3.07. The summed E-state index contributed by atoms with van der Waals surface area (Å²) >= 11 is 1.39. The zero-order chi connectivity index (χ0) is 20.8. The molecule has 1 aromatic carbocycles. The lowest BCUT2D eigenvalue weighted by Gasteiger charge is -2.34. The number of nitrogens with zero attached hydrogens (tertiary/aromatic N) is 3. The molecule has 156 valence electrons. The highest BCUT2D eigenvalue weighted by Crippen LogP contribution is 2.23. The third-order valence-electron chi connectivity index (χ3n) is 4.45. The topological polar surface area (TPSA) is 110 Å². The van der Waals surface area contributed by atoms with E-state index in [1.807, 2.05) is 5.38 Å². The Labute approximate surface area is 173 Å². The second kappa shape index (κ2) is 9.77. The van der Waals surface area contributed by atoms with Crippen molar-refractivity contribution in [3.05, 3.63) is 45.5 Å². The summed E-state index contributed by atoms with van der Waals surface area (Å²) in [7, 11) is 0. The van der Waals surface area contributed by atoms with E-state index in [-0.39, 0.29) is 30.2 Å². The molecule has 10 heteroatoms. The molecule has 2 atom stereocenters. The number of carbonyl (C=O) groups excluding carboxylic acids is 1. The largest absolute Gasteiger partial charge is 0.379 e. The Balaban J connectivity index is 1.45. The minimum Gasteiger partial charge on any atom is -0.379 e. The fourth-order valence-corrected chi connectivity index (χ4v) is 4.07. The third kappa shape index (κ3) is 6.21. The van der Waals surface area contributed by atoms with E-state index in [2.05, 4.69) is 34.4 Å². The van der Waals surface area contributed by atoms with Gasteiger partial charge in [-0.1, -0.05) is 12.1 Å². The molecule has 0 radical (unpaired) electrons. The predicted octanol–water partition coefficient (Wildman–Crippen LogP) is 3.10. The fourth-order valence-electron chi connectivity index (χ4n) is 3.35. The molecule has 1 aliphatic heterocycles. The molecule has 2 aromatic rings. The monoisotopic (exact) mass is 419 g/mol. The number of nitro benzene ring substituents is 1. The maximum absolute atomic E-state index is 12.2. The summed E-state index contributed by atoms with van der Waals surface area (Å²) in [5.74, 6) is -0.189. The Morgan fingerprint density at radius 2 is 2.07 bits per heavy atom.